The summed E-state index contributed by atoms with van der Waals surface area (Å²) in [4.78, 5) is 12.2. The van der Waals surface area contributed by atoms with Crippen LogP contribution in [-0.2, 0) is 21.4 Å². The number of ether oxygens (including phenoxy) is 2. The van der Waals surface area contributed by atoms with Gasteiger partial charge >= 0.3 is 5.97 Å². The Labute approximate surface area is 148 Å². The fraction of sp³-hybridized carbons (Fsp3) is 0.278. The second-order valence-corrected chi connectivity index (χ2v) is 7.78. The third-order valence-corrected chi connectivity index (χ3v) is 5.61. The number of sulfonamides is 1. The molecule has 0 fully saturated rings. The molecule has 0 saturated carbocycles. The van der Waals surface area contributed by atoms with Gasteiger partial charge in [0.15, 0.2) is 0 Å². The van der Waals surface area contributed by atoms with Crippen LogP contribution in [0.3, 0.4) is 0 Å². The van der Waals surface area contributed by atoms with Gasteiger partial charge in [0.25, 0.3) is 0 Å². The Hall–Kier alpha value is -2.38. The van der Waals surface area contributed by atoms with Crippen molar-refractivity contribution < 1.29 is 22.7 Å². The van der Waals surface area contributed by atoms with Crippen LogP contribution in [0.25, 0.3) is 0 Å². The van der Waals surface area contributed by atoms with E-state index in [-0.39, 0.29) is 22.8 Å². The van der Waals surface area contributed by atoms with Crippen molar-refractivity contribution in [3.05, 3.63) is 59.2 Å². The molecule has 0 atom stereocenters. The van der Waals surface area contributed by atoms with Gasteiger partial charge in [-0.05, 0) is 36.2 Å². The van der Waals surface area contributed by atoms with Crippen LogP contribution < -0.4 is 4.74 Å². The molecule has 0 saturated heterocycles. The van der Waals surface area contributed by atoms with Gasteiger partial charge in [-0.1, -0.05) is 24.3 Å². The van der Waals surface area contributed by atoms with Gasteiger partial charge in [0.2, 0.25) is 10.0 Å². The highest BCUT2D eigenvalue weighted by Crippen LogP contribution is 2.27. The highest BCUT2D eigenvalue weighted by atomic mass is 32.2. The first-order chi connectivity index (χ1) is 11.8. The third-order valence-electron chi connectivity index (χ3n) is 3.78. The molecule has 0 radical (unpaired) electrons. The maximum Gasteiger partial charge on any atom is 0.338 e. The van der Waals surface area contributed by atoms with Gasteiger partial charge in [-0.15, -0.1) is 0 Å². The van der Waals surface area contributed by atoms with Crippen LogP contribution in [-0.4, -0.2) is 39.9 Å². The second-order valence-electron chi connectivity index (χ2n) is 5.66. The quantitative estimate of drug-likeness (QED) is 0.738. The number of esters is 1. The van der Waals surface area contributed by atoms with Gasteiger partial charge in [-0.3, -0.25) is 0 Å². The van der Waals surface area contributed by atoms with E-state index in [1.807, 2.05) is 31.2 Å². The lowest BCUT2D eigenvalue weighted by molar-refractivity contribution is 0.0472. The molecule has 2 aromatic carbocycles. The van der Waals surface area contributed by atoms with Gasteiger partial charge in [0, 0.05) is 14.1 Å². The summed E-state index contributed by atoms with van der Waals surface area (Å²) in [6.45, 7) is 2.05. The van der Waals surface area contributed by atoms with E-state index in [9.17, 15) is 13.2 Å². The molecule has 0 amide bonds. The molecule has 6 nitrogen and oxygen atoms in total. The molecular formula is C18H21NO5S. The first-order valence-electron chi connectivity index (χ1n) is 7.59. The van der Waals surface area contributed by atoms with E-state index >= 15 is 0 Å². The largest absolute Gasteiger partial charge is 0.495 e. The van der Waals surface area contributed by atoms with Crippen molar-refractivity contribution >= 4 is 16.0 Å². The number of nitrogens with zero attached hydrogens (tertiary/aromatic N) is 1. The summed E-state index contributed by atoms with van der Waals surface area (Å²) >= 11 is 0. The zero-order chi connectivity index (χ0) is 18.6. The van der Waals surface area contributed by atoms with Crippen LogP contribution in [0.1, 0.15) is 21.5 Å². The Morgan fingerprint density at radius 1 is 1.12 bits per heavy atom. The Morgan fingerprint density at radius 3 is 2.40 bits per heavy atom. The van der Waals surface area contributed by atoms with E-state index in [4.69, 9.17) is 9.47 Å². The fourth-order valence-corrected chi connectivity index (χ4v) is 3.28. The Kier molecular flexibility index (Phi) is 5.81. The molecule has 134 valence electrons. The van der Waals surface area contributed by atoms with Crippen molar-refractivity contribution in [1.29, 1.82) is 0 Å². The van der Waals surface area contributed by atoms with Gasteiger partial charge in [0.1, 0.15) is 17.3 Å². The molecule has 2 aromatic rings. The van der Waals surface area contributed by atoms with Crippen LogP contribution in [0.2, 0.25) is 0 Å². The highest BCUT2D eigenvalue weighted by molar-refractivity contribution is 7.89. The fourth-order valence-electron chi connectivity index (χ4n) is 2.20. The van der Waals surface area contributed by atoms with E-state index in [0.717, 1.165) is 15.4 Å². The minimum atomic E-state index is -3.75. The number of carbonyl (C=O) groups excluding carboxylic acids is 1. The van der Waals surface area contributed by atoms with Gasteiger partial charge in [-0.25, -0.2) is 17.5 Å². The standard InChI is InChI=1S/C18H21NO5S/c1-13-7-5-6-8-15(13)12-24-18(20)14-9-10-16(23-4)17(11-14)25(21,22)19(2)3/h5-11H,12H2,1-4H3. The molecule has 0 aliphatic carbocycles. The highest BCUT2D eigenvalue weighted by Gasteiger charge is 2.24. The summed E-state index contributed by atoms with van der Waals surface area (Å²) in [6.07, 6.45) is 0. The predicted octanol–water partition coefficient (Wildman–Crippen LogP) is 2.61. The van der Waals surface area contributed by atoms with E-state index < -0.39 is 16.0 Å². The molecular weight excluding hydrogens is 342 g/mol. The zero-order valence-electron chi connectivity index (χ0n) is 14.6. The third kappa shape index (κ3) is 4.18. The maximum atomic E-state index is 12.4. The lowest BCUT2D eigenvalue weighted by Gasteiger charge is -2.15. The Morgan fingerprint density at radius 2 is 1.80 bits per heavy atom. The monoisotopic (exact) mass is 363 g/mol. The average Bonchev–Trinajstić information content (AvgIpc) is 2.60. The van der Waals surface area contributed by atoms with Crippen molar-refractivity contribution in [1.82, 2.24) is 4.31 Å². The summed E-state index contributed by atoms with van der Waals surface area (Å²) in [6, 6.07) is 11.8. The number of rotatable bonds is 6. The molecule has 0 N–H and O–H groups in total. The predicted molar refractivity (Wildman–Crippen MR) is 94.2 cm³/mol. The topological polar surface area (TPSA) is 72.9 Å². The van der Waals surface area contributed by atoms with Crippen molar-refractivity contribution in [2.24, 2.45) is 0 Å². The average molecular weight is 363 g/mol. The van der Waals surface area contributed by atoms with Crippen LogP contribution in [0, 0.1) is 6.92 Å². The Bertz CT molecular complexity index is 875. The molecule has 7 heteroatoms. The summed E-state index contributed by atoms with van der Waals surface area (Å²) in [5, 5.41) is 0. The first-order valence-corrected chi connectivity index (χ1v) is 9.03. The van der Waals surface area contributed by atoms with Crippen molar-refractivity contribution in [2.45, 2.75) is 18.4 Å². The normalized spacial score (nSPS) is 11.4. The maximum absolute atomic E-state index is 12.4. The van der Waals surface area contributed by atoms with Crippen LogP contribution in [0.4, 0.5) is 0 Å². The zero-order valence-corrected chi connectivity index (χ0v) is 15.5. The lowest BCUT2D eigenvalue weighted by atomic mass is 10.1. The number of carbonyl (C=O) groups is 1. The van der Waals surface area contributed by atoms with E-state index in [1.165, 1.54) is 39.4 Å². The van der Waals surface area contributed by atoms with Crippen LogP contribution in [0.15, 0.2) is 47.4 Å². The van der Waals surface area contributed by atoms with Crippen molar-refractivity contribution in [3.8, 4) is 5.75 Å². The molecule has 2 rings (SSSR count). The summed E-state index contributed by atoms with van der Waals surface area (Å²) in [5.74, 6) is -0.426. The van der Waals surface area contributed by atoms with Gasteiger partial charge < -0.3 is 9.47 Å². The number of hydrogen-bond acceptors (Lipinski definition) is 5. The SMILES string of the molecule is COc1ccc(C(=O)OCc2ccccc2C)cc1S(=O)(=O)N(C)C. The minimum Gasteiger partial charge on any atom is -0.495 e. The van der Waals surface area contributed by atoms with Gasteiger partial charge in [-0.2, -0.15) is 0 Å². The molecule has 0 heterocycles. The molecule has 0 bridgehead atoms. The first kappa shape index (κ1) is 19.0. The van der Waals surface area contributed by atoms with E-state index in [1.54, 1.807) is 0 Å². The summed E-state index contributed by atoms with van der Waals surface area (Å²) in [5.41, 5.74) is 2.06. The smallest absolute Gasteiger partial charge is 0.338 e. The van der Waals surface area contributed by atoms with E-state index in [0.29, 0.717) is 0 Å². The lowest BCUT2D eigenvalue weighted by Crippen LogP contribution is -2.23. The molecule has 0 aliphatic rings. The van der Waals surface area contributed by atoms with Crippen LogP contribution >= 0.6 is 0 Å². The summed E-state index contributed by atoms with van der Waals surface area (Å²) < 4.78 is 36.3. The Balaban J connectivity index is 2.28. The number of hydrogen-bond donors (Lipinski definition) is 0. The van der Waals surface area contributed by atoms with Crippen LogP contribution in [0.5, 0.6) is 5.75 Å². The molecule has 0 aliphatic heterocycles. The minimum absolute atomic E-state index is 0.0784. The molecule has 0 spiro atoms. The molecule has 0 aromatic heterocycles. The second kappa shape index (κ2) is 7.67. The molecule has 25 heavy (non-hydrogen) atoms. The molecule has 0 unspecified atom stereocenters. The summed E-state index contributed by atoms with van der Waals surface area (Å²) in [7, 11) is 0.456. The van der Waals surface area contributed by atoms with E-state index in [2.05, 4.69) is 0 Å². The number of benzene rings is 2. The number of aryl methyl sites for hydroxylation is 1. The number of methoxy groups -OCH3 is 1. The van der Waals surface area contributed by atoms with Gasteiger partial charge in [0.05, 0.1) is 12.7 Å². The van der Waals surface area contributed by atoms with Crippen molar-refractivity contribution in [3.63, 3.8) is 0 Å². The van der Waals surface area contributed by atoms with Crippen molar-refractivity contribution in [2.75, 3.05) is 21.2 Å².